The van der Waals surface area contributed by atoms with E-state index in [-0.39, 0.29) is 11.7 Å². The third kappa shape index (κ3) is 3.55. The molecule has 0 N–H and O–H groups in total. The van der Waals surface area contributed by atoms with E-state index >= 15 is 0 Å². The number of pyridine rings is 1. The molecular weight excluding hydrogens is 281 g/mol. The van der Waals surface area contributed by atoms with Crippen molar-refractivity contribution < 1.29 is 4.79 Å². The van der Waals surface area contributed by atoms with E-state index in [9.17, 15) is 4.79 Å². The summed E-state index contributed by atoms with van der Waals surface area (Å²) in [6.07, 6.45) is 3.96. The Morgan fingerprint density at radius 2 is 2.11 bits per heavy atom. The number of aromatic nitrogens is 1. The Labute approximate surface area is 122 Å². The predicted octanol–water partition coefficient (Wildman–Crippen LogP) is 4.30. The lowest BCUT2D eigenvalue weighted by molar-refractivity contribution is -0.118. The second-order valence-electron chi connectivity index (χ2n) is 4.39. The lowest BCUT2D eigenvalue weighted by Gasteiger charge is -2.15. The summed E-state index contributed by atoms with van der Waals surface area (Å²) in [5, 5.41) is 1.18. The zero-order valence-electron chi connectivity index (χ0n) is 10.4. The highest BCUT2D eigenvalue weighted by atomic mass is 35.5. The normalized spacial score (nSPS) is 12.2. The fraction of sp³-hybridized carbons (Fsp3) is 0.200. The molecule has 1 heterocycles. The van der Waals surface area contributed by atoms with Gasteiger partial charge in [0.1, 0.15) is 5.78 Å². The summed E-state index contributed by atoms with van der Waals surface area (Å²) in [6.45, 7) is 1.58. The van der Waals surface area contributed by atoms with Crippen LogP contribution in [-0.2, 0) is 11.2 Å². The molecule has 0 fully saturated rings. The largest absolute Gasteiger partial charge is 0.299 e. The van der Waals surface area contributed by atoms with Gasteiger partial charge in [-0.25, -0.2) is 0 Å². The third-order valence-electron chi connectivity index (χ3n) is 3.02. The van der Waals surface area contributed by atoms with Crippen molar-refractivity contribution in [2.45, 2.75) is 19.3 Å². The van der Waals surface area contributed by atoms with Gasteiger partial charge in [-0.05, 0) is 42.7 Å². The lowest BCUT2D eigenvalue weighted by atomic mass is 9.90. The van der Waals surface area contributed by atoms with E-state index in [1.54, 1.807) is 31.5 Å². The molecule has 2 nitrogen and oxygen atoms in total. The number of carbonyl (C=O) groups excluding carboxylic acids is 1. The van der Waals surface area contributed by atoms with Crippen LogP contribution in [0.5, 0.6) is 0 Å². The third-order valence-corrected chi connectivity index (χ3v) is 3.60. The molecule has 0 aliphatic heterocycles. The summed E-state index contributed by atoms with van der Waals surface area (Å²) < 4.78 is 0. The highest BCUT2D eigenvalue weighted by Gasteiger charge is 2.18. The molecule has 4 heteroatoms. The highest BCUT2D eigenvalue weighted by Crippen LogP contribution is 2.27. The van der Waals surface area contributed by atoms with Crippen LogP contribution in [0.25, 0.3) is 0 Å². The number of hydrogen-bond donors (Lipinski definition) is 0. The molecule has 1 atom stereocenters. The van der Waals surface area contributed by atoms with Crippen molar-refractivity contribution in [2.75, 3.05) is 0 Å². The summed E-state index contributed by atoms with van der Waals surface area (Å²) >= 11 is 12.0. The zero-order chi connectivity index (χ0) is 13.8. The molecule has 0 saturated heterocycles. The molecule has 2 aromatic rings. The second kappa shape index (κ2) is 6.18. The van der Waals surface area contributed by atoms with Gasteiger partial charge in [0.15, 0.2) is 0 Å². The van der Waals surface area contributed by atoms with Gasteiger partial charge in [-0.2, -0.15) is 0 Å². The van der Waals surface area contributed by atoms with Gasteiger partial charge >= 0.3 is 0 Å². The van der Waals surface area contributed by atoms with Crippen molar-refractivity contribution in [2.24, 2.45) is 0 Å². The Balaban J connectivity index is 2.29. The molecule has 0 spiro atoms. The van der Waals surface area contributed by atoms with Crippen LogP contribution in [0.2, 0.25) is 10.0 Å². The minimum absolute atomic E-state index is 0.0963. The predicted molar refractivity (Wildman–Crippen MR) is 77.8 cm³/mol. The van der Waals surface area contributed by atoms with Gasteiger partial charge < -0.3 is 0 Å². The van der Waals surface area contributed by atoms with Crippen LogP contribution in [0.1, 0.15) is 24.0 Å². The van der Waals surface area contributed by atoms with Crippen molar-refractivity contribution in [3.8, 4) is 0 Å². The average molecular weight is 294 g/mol. The number of benzene rings is 1. The fourth-order valence-electron chi connectivity index (χ4n) is 1.99. The van der Waals surface area contributed by atoms with Gasteiger partial charge in [0, 0.05) is 28.4 Å². The first kappa shape index (κ1) is 14.0. The van der Waals surface area contributed by atoms with Gasteiger partial charge in [0.25, 0.3) is 0 Å². The van der Waals surface area contributed by atoms with Gasteiger partial charge in [0.05, 0.1) is 0 Å². The van der Waals surface area contributed by atoms with E-state index in [1.165, 1.54) is 0 Å². The maximum absolute atomic E-state index is 11.8. The van der Waals surface area contributed by atoms with E-state index in [2.05, 4.69) is 4.98 Å². The van der Waals surface area contributed by atoms with Crippen LogP contribution in [0.15, 0.2) is 42.7 Å². The molecule has 0 bridgehead atoms. The summed E-state index contributed by atoms with van der Waals surface area (Å²) in [4.78, 5) is 15.9. The standard InChI is InChI=1S/C15H13Cl2NO/c1-10(19)14(12-3-2-6-18-9-12)7-11-4-5-13(16)8-15(11)17/h2-6,8-9,14H,7H2,1H3. The van der Waals surface area contributed by atoms with Crippen LogP contribution in [0, 0.1) is 0 Å². The lowest BCUT2D eigenvalue weighted by Crippen LogP contribution is -2.12. The van der Waals surface area contributed by atoms with Gasteiger partial charge in [-0.1, -0.05) is 35.3 Å². The number of ketones is 1. The number of Topliss-reactive ketones (excluding diaryl/α,β-unsaturated/α-hetero) is 1. The van der Waals surface area contributed by atoms with Gasteiger partial charge in [-0.3, -0.25) is 9.78 Å². The van der Waals surface area contributed by atoms with Gasteiger partial charge in [-0.15, -0.1) is 0 Å². The first-order chi connectivity index (χ1) is 9.08. The van der Waals surface area contributed by atoms with Crippen molar-refractivity contribution >= 4 is 29.0 Å². The molecule has 1 unspecified atom stereocenters. The van der Waals surface area contributed by atoms with Crippen LogP contribution >= 0.6 is 23.2 Å². The molecule has 1 aromatic heterocycles. The van der Waals surface area contributed by atoms with Crippen LogP contribution in [0.4, 0.5) is 0 Å². The van der Waals surface area contributed by atoms with E-state index in [4.69, 9.17) is 23.2 Å². The number of hydrogen-bond acceptors (Lipinski definition) is 2. The van der Waals surface area contributed by atoms with Crippen molar-refractivity contribution in [3.05, 3.63) is 63.9 Å². The van der Waals surface area contributed by atoms with E-state index in [0.717, 1.165) is 11.1 Å². The Bertz CT molecular complexity index is 584. The van der Waals surface area contributed by atoms with Crippen molar-refractivity contribution in [3.63, 3.8) is 0 Å². The molecule has 0 radical (unpaired) electrons. The first-order valence-electron chi connectivity index (χ1n) is 5.92. The molecule has 0 saturated carbocycles. The van der Waals surface area contributed by atoms with Crippen LogP contribution < -0.4 is 0 Å². The van der Waals surface area contributed by atoms with E-state index < -0.39 is 0 Å². The smallest absolute Gasteiger partial charge is 0.137 e. The summed E-state index contributed by atoms with van der Waals surface area (Å²) in [6, 6.07) is 9.07. The summed E-state index contributed by atoms with van der Waals surface area (Å²) in [7, 11) is 0. The molecule has 98 valence electrons. The number of nitrogens with zero attached hydrogens (tertiary/aromatic N) is 1. The molecular formula is C15H13Cl2NO. The molecule has 19 heavy (non-hydrogen) atoms. The number of carbonyl (C=O) groups is 1. The average Bonchev–Trinajstić information content (AvgIpc) is 2.38. The van der Waals surface area contributed by atoms with Crippen LogP contribution in [0.3, 0.4) is 0 Å². The van der Waals surface area contributed by atoms with E-state index in [1.807, 2.05) is 18.2 Å². The summed E-state index contributed by atoms with van der Waals surface area (Å²) in [5.41, 5.74) is 1.82. The Kier molecular flexibility index (Phi) is 4.56. The fourth-order valence-corrected chi connectivity index (χ4v) is 2.47. The van der Waals surface area contributed by atoms with Gasteiger partial charge in [0.2, 0.25) is 0 Å². The van der Waals surface area contributed by atoms with Crippen LogP contribution in [-0.4, -0.2) is 10.8 Å². The quantitative estimate of drug-likeness (QED) is 0.841. The molecule has 0 amide bonds. The number of halogens is 2. The minimum atomic E-state index is -0.229. The Morgan fingerprint density at radius 1 is 1.32 bits per heavy atom. The topological polar surface area (TPSA) is 30.0 Å². The monoisotopic (exact) mass is 293 g/mol. The van der Waals surface area contributed by atoms with E-state index in [0.29, 0.717) is 16.5 Å². The highest BCUT2D eigenvalue weighted by molar-refractivity contribution is 6.35. The minimum Gasteiger partial charge on any atom is -0.299 e. The van der Waals surface area contributed by atoms with Crippen molar-refractivity contribution in [1.29, 1.82) is 0 Å². The SMILES string of the molecule is CC(=O)C(Cc1ccc(Cl)cc1Cl)c1cccnc1. The molecule has 1 aromatic carbocycles. The number of rotatable bonds is 4. The molecule has 0 aliphatic rings. The second-order valence-corrected chi connectivity index (χ2v) is 5.23. The Morgan fingerprint density at radius 3 is 2.68 bits per heavy atom. The maximum Gasteiger partial charge on any atom is 0.137 e. The van der Waals surface area contributed by atoms with Crippen molar-refractivity contribution in [1.82, 2.24) is 4.98 Å². The summed E-state index contributed by atoms with van der Waals surface area (Å²) in [5.74, 6) is -0.133. The Hall–Kier alpha value is -1.38. The first-order valence-corrected chi connectivity index (χ1v) is 6.68. The maximum atomic E-state index is 11.8. The molecule has 0 aliphatic carbocycles. The molecule has 2 rings (SSSR count). The zero-order valence-corrected chi connectivity index (χ0v) is 11.9.